The first-order chi connectivity index (χ1) is 11.8. The number of hydrogen-bond acceptors (Lipinski definition) is 4. The molecule has 3 N–H and O–H groups in total. The van der Waals surface area contributed by atoms with Crippen LogP contribution >= 0.6 is 24.0 Å². The molecule has 7 heteroatoms. The van der Waals surface area contributed by atoms with E-state index in [0.29, 0.717) is 25.2 Å². The molecular weight excluding hydrogens is 431 g/mol. The summed E-state index contributed by atoms with van der Waals surface area (Å²) in [6, 6.07) is 6.29. The number of rotatable bonds is 5. The molecule has 2 aliphatic rings. The Balaban J connectivity index is 0.00000225. The average Bonchev–Trinajstić information content (AvgIpc) is 2.88. The van der Waals surface area contributed by atoms with Crippen molar-refractivity contribution in [3.05, 3.63) is 18.2 Å². The van der Waals surface area contributed by atoms with Crippen molar-refractivity contribution in [3.63, 3.8) is 0 Å². The first kappa shape index (κ1) is 20.1. The number of nitrogens with zero attached hydrogens (tertiary/aromatic N) is 2. The van der Waals surface area contributed by atoms with Gasteiger partial charge in [-0.1, -0.05) is 6.92 Å². The molecule has 0 amide bonds. The van der Waals surface area contributed by atoms with E-state index in [0.717, 1.165) is 36.7 Å². The number of nitrogens with one attached hydrogen (secondary N) is 1. The Bertz CT molecular complexity index is 582. The van der Waals surface area contributed by atoms with E-state index in [9.17, 15) is 0 Å². The van der Waals surface area contributed by atoms with Crippen molar-refractivity contribution in [1.82, 2.24) is 4.90 Å². The van der Waals surface area contributed by atoms with E-state index >= 15 is 0 Å². The molecular formula is C18H29IN4O2. The minimum absolute atomic E-state index is 0. The zero-order valence-corrected chi connectivity index (χ0v) is 17.2. The van der Waals surface area contributed by atoms with Crippen molar-refractivity contribution in [2.75, 3.05) is 38.2 Å². The number of guanidine groups is 1. The standard InChI is InChI=1S/C18H28N4O2.HI/c1-2-8-22-9-3-5-15(22)13-20-18(19)21-14-6-7-16-17(12-14)24-11-4-10-23-16;/h6-7,12,15H,2-5,8-11,13H2,1H3,(H3,19,20,21);1H/t15-;/m0./s1. The molecule has 2 aliphatic heterocycles. The number of likely N-dealkylation sites (tertiary alicyclic amines) is 1. The van der Waals surface area contributed by atoms with Gasteiger partial charge in [0.05, 0.1) is 19.8 Å². The van der Waals surface area contributed by atoms with Gasteiger partial charge in [0, 0.05) is 24.2 Å². The molecule has 6 nitrogen and oxygen atoms in total. The number of halogens is 1. The SMILES string of the molecule is CCCN1CCC[C@H]1CN=C(N)Nc1ccc2c(c1)OCCCO2.I. The van der Waals surface area contributed by atoms with Gasteiger partial charge in [0.15, 0.2) is 17.5 Å². The summed E-state index contributed by atoms with van der Waals surface area (Å²) in [7, 11) is 0. The van der Waals surface area contributed by atoms with E-state index in [-0.39, 0.29) is 24.0 Å². The first-order valence-corrected chi connectivity index (χ1v) is 8.97. The van der Waals surface area contributed by atoms with Gasteiger partial charge in [-0.15, -0.1) is 24.0 Å². The highest BCUT2D eigenvalue weighted by molar-refractivity contribution is 14.0. The van der Waals surface area contributed by atoms with Gasteiger partial charge < -0.3 is 20.5 Å². The topological polar surface area (TPSA) is 72.1 Å². The molecule has 3 rings (SSSR count). The fourth-order valence-electron chi connectivity index (χ4n) is 3.32. The Labute approximate surface area is 167 Å². The van der Waals surface area contributed by atoms with Crippen LogP contribution in [0.4, 0.5) is 5.69 Å². The number of ether oxygens (including phenoxy) is 2. The molecule has 1 aromatic rings. The van der Waals surface area contributed by atoms with Gasteiger partial charge in [-0.2, -0.15) is 0 Å². The molecule has 0 radical (unpaired) electrons. The van der Waals surface area contributed by atoms with Crippen LogP contribution in [0.3, 0.4) is 0 Å². The molecule has 0 saturated carbocycles. The van der Waals surface area contributed by atoms with Gasteiger partial charge in [0.1, 0.15) is 0 Å². The highest BCUT2D eigenvalue weighted by Gasteiger charge is 2.23. The third-order valence-electron chi connectivity index (χ3n) is 4.50. The van der Waals surface area contributed by atoms with E-state index in [4.69, 9.17) is 15.2 Å². The molecule has 0 spiro atoms. The van der Waals surface area contributed by atoms with Crippen molar-refractivity contribution < 1.29 is 9.47 Å². The fraction of sp³-hybridized carbons (Fsp3) is 0.611. The Morgan fingerprint density at radius 2 is 2.08 bits per heavy atom. The maximum Gasteiger partial charge on any atom is 0.193 e. The third kappa shape index (κ3) is 5.64. The Kier molecular flexibility index (Phi) is 8.08. The number of fused-ring (bicyclic) bond motifs is 1. The molecule has 1 fully saturated rings. The van der Waals surface area contributed by atoms with Crippen molar-refractivity contribution in [1.29, 1.82) is 0 Å². The monoisotopic (exact) mass is 460 g/mol. The quantitative estimate of drug-likeness (QED) is 0.402. The van der Waals surface area contributed by atoms with Crippen LogP contribution in [0.5, 0.6) is 11.5 Å². The molecule has 1 atom stereocenters. The fourth-order valence-corrected chi connectivity index (χ4v) is 3.32. The lowest BCUT2D eigenvalue weighted by atomic mass is 10.2. The van der Waals surface area contributed by atoms with Gasteiger partial charge in [0.2, 0.25) is 0 Å². The summed E-state index contributed by atoms with van der Waals surface area (Å²) in [5.41, 5.74) is 6.93. The third-order valence-corrected chi connectivity index (χ3v) is 4.50. The summed E-state index contributed by atoms with van der Waals surface area (Å²) in [4.78, 5) is 7.05. The number of nitrogens with two attached hydrogens (primary N) is 1. The summed E-state index contributed by atoms with van der Waals surface area (Å²) >= 11 is 0. The lowest BCUT2D eigenvalue weighted by Crippen LogP contribution is -2.33. The molecule has 0 aliphatic carbocycles. The lowest BCUT2D eigenvalue weighted by molar-refractivity contribution is 0.260. The van der Waals surface area contributed by atoms with Crippen molar-refractivity contribution in [2.45, 2.75) is 38.6 Å². The largest absolute Gasteiger partial charge is 0.490 e. The minimum atomic E-state index is 0. The van der Waals surface area contributed by atoms with Crippen LogP contribution in [-0.4, -0.2) is 49.7 Å². The normalized spacial score (nSPS) is 20.7. The van der Waals surface area contributed by atoms with Crippen molar-refractivity contribution >= 4 is 35.6 Å². The Morgan fingerprint density at radius 3 is 2.88 bits per heavy atom. The van der Waals surface area contributed by atoms with Crippen LogP contribution in [0.2, 0.25) is 0 Å². The van der Waals surface area contributed by atoms with E-state index in [2.05, 4.69) is 22.1 Å². The summed E-state index contributed by atoms with van der Waals surface area (Å²) < 4.78 is 11.3. The molecule has 0 aromatic heterocycles. The number of benzene rings is 1. The molecule has 140 valence electrons. The van der Waals surface area contributed by atoms with Gasteiger partial charge in [0.25, 0.3) is 0 Å². The van der Waals surface area contributed by atoms with Gasteiger partial charge >= 0.3 is 0 Å². The van der Waals surface area contributed by atoms with E-state index in [1.54, 1.807) is 0 Å². The Hall–Kier alpha value is -1.22. The second kappa shape index (κ2) is 10.1. The lowest BCUT2D eigenvalue weighted by Gasteiger charge is -2.22. The van der Waals surface area contributed by atoms with E-state index < -0.39 is 0 Å². The van der Waals surface area contributed by atoms with Crippen molar-refractivity contribution in [3.8, 4) is 11.5 Å². The van der Waals surface area contributed by atoms with Crippen LogP contribution < -0.4 is 20.5 Å². The molecule has 25 heavy (non-hydrogen) atoms. The second-order valence-electron chi connectivity index (χ2n) is 6.39. The summed E-state index contributed by atoms with van der Waals surface area (Å²) in [6.07, 6.45) is 4.55. The second-order valence-corrected chi connectivity index (χ2v) is 6.39. The zero-order chi connectivity index (χ0) is 16.8. The van der Waals surface area contributed by atoms with E-state index in [1.807, 2.05) is 18.2 Å². The summed E-state index contributed by atoms with van der Waals surface area (Å²) in [5.74, 6) is 2.00. The van der Waals surface area contributed by atoms with Crippen LogP contribution in [0, 0.1) is 0 Å². The zero-order valence-electron chi connectivity index (χ0n) is 14.9. The first-order valence-electron chi connectivity index (χ1n) is 8.97. The van der Waals surface area contributed by atoms with Gasteiger partial charge in [-0.3, -0.25) is 9.89 Å². The van der Waals surface area contributed by atoms with Crippen LogP contribution in [-0.2, 0) is 0 Å². The molecule has 0 unspecified atom stereocenters. The average molecular weight is 460 g/mol. The highest BCUT2D eigenvalue weighted by Crippen LogP contribution is 2.32. The summed E-state index contributed by atoms with van der Waals surface area (Å²) in [6.45, 7) is 6.68. The number of anilines is 1. The molecule has 2 heterocycles. The van der Waals surface area contributed by atoms with E-state index in [1.165, 1.54) is 25.8 Å². The summed E-state index contributed by atoms with van der Waals surface area (Å²) in [5, 5.41) is 3.16. The van der Waals surface area contributed by atoms with Crippen molar-refractivity contribution in [2.24, 2.45) is 10.7 Å². The smallest absolute Gasteiger partial charge is 0.193 e. The van der Waals surface area contributed by atoms with Gasteiger partial charge in [-0.25, -0.2) is 0 Å². The predicted molar refractivity (Wildman–Crippen MR) is 112 cm³/mol. The molecule has 1 saturated heterocycles. The maximum absolute atomic E-state index is 6.06. The Morgan fingerprint density at radius 1 is 1.28 bits per heavy atom. The molecule has 0 bridgehead atoms. The minimum Gasteiger partial charge on any atom is -0.490 e. The number of hydrogen-bond donors (Lipinski definition) is 2. The van der Waals surface area contributed by atoms with Crippen LogP contribution in [0.1, 0.15) is 32.6 Å². The maximum atomic E-state index is 6.06. The highest BCUT2D eigenvalue weighted by atomic mass is 127. The van der Waals surface area contributed by atoms with Crippen LogP contribution in [0.25, 0.3) is 0 Å². The number of aliphatic imine (C=N–C) groups is 1. The van der Waals surface area contributed by atoms with Gasteiger partial charge in [-0.05, 0) is 44.5 Å². The van der Waals surface area contributed by atoms with Crippen LogP contribution in [0.15, 0.2) is 23.2 Å². The predicted octanol–water partition coefficient (Wildman–Crippen LogP) is 3.07. The molecule has 1 aromatic carbocycles.